The maximum Gasteiger partial charge on any atom is 0.224 e. The number of carbonyl (C=O) groups excluding carboxylic acids is 1. The Morgan fingerprint density at radius 2 is 1.71 bits per heavy atom. The number of nitrogens with zero attached hydrogens (tertiary/aromatic N) is 1. The third-order valence-corrected chi connectivity index (χ3v) is 4.77. The molecule has 1 aliphatic rings. The van der Waals surface area contributed by atoms with Gasteiger partial charge in [0.1, 0.15) is 0 Å². The molecule has 24 heavy (non-hydrogen) atoms. The van der Waals surface area contributed by atoms with E-state index in [9.17, 15) is 4.79 Å². The van der Waals surface area contributed by atoms with Crippen molar-refractivity contribution in [2.75, 3.05) is 19.6 Å². The lowest BCUT2D eigenvalue weighted by atomic mass is 9.84. The van der Waals surface area contributed by atoms with Crippen molar-refractivity contribution in [1.82, 2.24) is 10.2 Å². The Morgan fingerprint density at radius 3 is 2.38 bits per heavy atom. The van der Waals surface area contributed by atoms with Gasteiger partial charge in [-0.2, -0.15) is 0 Å². The van der Waals surface area contributed by atoms with Crippen LogP contribution in [0.5, 0.6) is 0 Å². The van der Waals surface area contributed by atoms with Crippen LogP contribution in [0.2, 0.25) is 0 Å². The van der Waals surface area contributed by atoms with Crippen LogP contribution in [0.4, 0.5) is 0 Å². The van der Waals surface area contributed by atoms with Crippen LogP contribution in [0.3, 0.4) is 0 Å². The van der Waals surface area contributed by atoms with Gasteiger partial charge in [-0.05, 0) is 30.4 Å². The van der Waals surface area contributed by atoms with Gasteiger partial charge < -0.3 is 5.32 Å². The maximum absolute atomic E-state index is 12.4. The van der Waals surface area contributed by atoms with Crippen LogP contribution >= 0.6 is 0 Å². The standard InChI is InChI=1S/C21H26N2O/c1-2-22-21(24)20-13-19(18-11-7-4-8-12-18)15-23(16-20)14-17-9-5-3-6-10-17/h3-12,19-20H,2,13-16H2,1H3,(H,22,24). The van der Waals surface area contributed by atoms with Crippen molar-refractivity contribution in [2.24, 2.45) is 5.92 Å². The number of hydrogen-bond donors (Lipinski definition) is 1. The third-order valence-electron chi connectivity index (χ3n) is 4.77. The molecule has 2 unspecified atom stereocenters. The molecular formula is C21H26N2O. The first-order chi connectivity index (χ1) is 11.8. The highest BCUT2D eigenvalue weighted by molar-refractivity contribution is 5.79. The van der Waals surface area contributed by atoms with Gasteiger partial charge in [0.2, 0.25) is 5.91 Å². The molecule has 3 heteroatoms. The number of carbonyl (C=O) groups is 1. The molecule has 1 N–H and O–H groups in total. The van der Waals surface area contributed by atoms with E-state index in [1.807, 2.05) is 13.0 Å². The Hall–Kier alpha value is -2.13. The summed E-state index contributed by atoms with van der Waals surface area (Å²) in [4.78, 5) is 14.9. The lowest BCUT2D eigenvalue weighted by Gasteiger charge is -2.37. The van der Waals surface area contributed by atoms with Gasteiger partial charge in [0.15, 0.2) is 0 Å². The monoisotopic (exact) mass is 322 g/mol. The van der Waals surface area contributed by atoms with Crippen molar-refractivity contribution >= 4 is 5.91 Å². The number of benzene rings is 2. The van der Waals surface area contributed by atoms with Gasteiger partial charge in [-0.15, -0.1) is 0 Å². The minimum absolute atomic E-state index is 0.0626. The second-order valence-corrected chi connectivity index (χ2v) is 6.61. The molecule has 0 spiro atoms. The summed E-state index contributed by atoms with van der Waals surface area (Å²) in [6.07, 6.45) is 0.932. The summed E-state index contributed by atoms with van der Waals surface area (Å²) in [7, 11) is 0. The SMILES string of the molecule is CCNC(=O)C1CC(c2ccccc2)CN(Cc2ccccc2)C1. The number of hydrogen-bond acceptors (Lipinski definition) is 2. The Balaban J connectivity index is 1.76. The smallest absolute Gasteiger partial charge is 0.224 e. The van der Waals surface area contributed by atoms with Gasteiger partial charge in [0.05, 0.1) is 5.92 Å². The molecule has 1 amide bonds. The highest BCUT2D eigenvalue weighted by Gasteiger charge is 2.32. The molecule has 2 aromatic rings. The van der Waals surface area contributed by atoms with Gasteiger partial charge in [-0.25, -0.2) is 0 Å². The van der Waals surface area contributed by atoms with E-state index in [2.05, 4.69) is 64.8 Å². The summed E-state index contributed by atoms with van der Waals surface area (Å²) >= 11 is 0. The summed E-state index contributed by atoms with van der Waals surface area (Å²) in [6.45, 7) is 5.43. The number of piperidine rings is 1. The van der Waals surface area contributed by atoms with E-state index in [-0.39, 0.29) is 11.8 Å². The minimum atomic E-state index is 0.0626. The zero-order chi connectivity index (χ0) is 16.8. The summed E-state index contributed by atoms with van der Waals surface area (Å²) in [6, 6.07) is 21.1. The van der Waals surface area contributed by atoms with Gasteiger partial charge in [0.25, 0.3) is 0 Å². The molecule has 0 saturated carbocycles. The molecule has 1 aliphatic heterocycles. The van der Waals surface area contributed by atoms with E-state index in [4.69, 9.17) is 0 Å². The highest BCUT2D eigenvalue weighted by Crippen LogP contribution is 2.31. The minimum Gasteiger partial charge on any atom is -0.356 e. The molecule has 2 atom stereocenters. The van der Waals surface area contributed by atoms with Crippen LogP contribution in [0.15, 0.2) is 60.7 Å². The van der Waals surface area contributed by atoms with E-state index in [1.54, 1.807) is 0 Å². The summed E-state index contributed by atoms with van der Waals surface area (Å²) in [5.74, 6) is 0.667. The zero-order valence-electron chi connectivity index (χ0n) is 14.3. The molecule has 1 saturated heterocycles. The maximum atomic E-state index is 12.4. The van der Waals surface area contributed by atoms with Crippen molar-refractivity contribution in [2.45, 2.75) is 25.8 Å². The molecular weight excluding hydrogens is 296 g/mol. The van der Waals surface area contributed by atoms with Crippen LogP contribution in [0.25, 0.3) is 0 Å². The molecule has 2 aromatic carbocycles. The number of likely N-dealkylation sites (tertiary alicyclic amines) is 1. The van der Waals surface area contributed by atoms with Crippen molar-refractivity contribution in [1.29, 1.82) is 0 Å². The molecule has 3 nitrogen and oxygen atoms in total. The topological polar surface area (TPSA) is 32.3 Å². The number of rotatable bonds is 5. The first-order valence-electron chi connectivity index (χ1n) is 8.85. The van der Waals surface area contributed by atoms with Crippen molar-refractivity contribution < 1.29 is 4.79 Å². The summed E-state index contributed by atoms with van der Waals surface area (Å²) in [5.41, 5.74) is 2.64. The lowest BCUT2D eigenvalue weighted by Crippen LogP contribution is -2.45. The summed E-state index contributed by atoms with van der Waals surface area (Å²) in [5, 5.41) is 3.01. The quantitative estimate of drug-likeness (QED) is 0.915. The van der Waals surface area contributed by atoms with Crippen LogP contribution in [0.1, 0.15) is 30.4 Å². The average Bonchev–Trinajstić information content (AvgIpc) is 2.63. The first-order valence-corrected chi connectivity index (χ1v) is 8.85. The average molecular weight is 322 g/mol. The van der Waals surface area contributed by atoms with Gasteiger partial charge in [0, 0.05) is 26.2 Å². The Bertz CT molecular complexity index is 641. The zero-order valence-corrected chi connectivity index (χ0v) is 14.3. The van der Waals surface area contributed by atoms with Crippen molar-refractivity contribution in [3.63, 3.8) is 0 Å². The van der Waals surface area contributed by atoms with E-state index in [0.29, 0.717) is 12.5 Å². The van der Waals surface area contributed by atoms with Gasteiger partial charge >= 0.3 is 0 Å². The molecule has 1 heterocycles. The third kappa shape index (κ3) is 4.24. The summed E-state index contributed by atoms with van der Waals surface area (Å²) < 4.78 is 0. The van der Waals surface area contributed by atoms with Gasteiger partial charge in [-0.3, -0.25) is 9.69 Å². The first kappa shape index (κ1) is 16.7. The van der Waals surface area contributed by atoms with E-state index in [1.165, 1.54) is 11.1 Å². The molecule has 3 rings (SSSR count). The number of amides is 1. The Labute approximate surface area is 144 Å². The Kier molecular flexibility index (Phi) is 5.65. The van der Waals surface area contributed by atoms with E-state index < -0.39 is 0 Å². The Morgan fingerprint density at radius 1 is 1.04 bits per heavy atom. The molecule has 0 bridgehead atoms. The second-order valence-electron chi connectivity index (χ2n) is 6.61. The lowest BCUT2D eigenvalue weighted by molar-refractivity contribution is -0.127. The molecule has 0 aliphatic carbocycles. The van der Waals surface area contributed by atoms with Gasteiger partial charge in [-0.1, -0.05) is 60.7 Å². The molecule has 0 aromatic heterocycles. The van der Waals surface area contributed by atoms with Crippen molar-refractivity contribution in [3.8, 4) is 0 Å². The fraction of sp³-hybridized carbons (Fsp3) is 0.381. The van der Waals surface area contributed by atoms with E-state index >= 15 is 0 Å². The predicted molar refractivity (Wildman–Crippen MR) is 97.7 cm³/mol. The largest absolute Gasteiger partial charge is 0.356 e. The van der Waals surface area contributed by atoms with Crippen LogP contribution in [0, 0.1) is 5.92 Å². The van der Waals surface area contributed by atoms with Crippen LogP contribution < -0.4 is 5.32 Å². The van der Waals surface area contributed by atoms with Crippen LogP contribution in [-0.4, -0.2) is 30.4 Å². The molecule has 0 radical (unpaired) electrons. The molecule has 126 valence electrons. The normalized spacial score (nSPS) is 21.4. The highest BCUT2D eigenvalue weighted by atomic mass is 16.1. The predicted octanol–water partition coefficient (Wildman–Crippen LogP) is 3.43. The van der Waals surface area contributed by atoms with E-state index in [0.717, 1.165) is 26.1 Å². The number of nitrogens with one attached hydrogen (secondary N) is 1. The van der Waals surface area contributed by atoms with Crippen LogP contribution in [-0.2, 0) is 11.3 Å². The fourth-order valence-electron chi connectivity index (χ4n) is 3.64. The second kappa shape index (κ2) is 8.11. The fourth-order valence-corrected chi connectivity index (χ4v) is 3.64. The molecule has 1 fully saturated rings. The van der Waals surface area contributed by atoms with Crippen molar-refractivity contribution in [3.05, 3.63) is 71.8 Å².